The summed E-state index contributed by atoms with van der Waals surface area (Å²) >= 11 is 1.47. The van der Waals surface area contributed by atoms with Gasteiger partial charge >= 0.3 is 12.2 Å². The van der Waals surface area contributed by atoms with Crippen molar-refractivity contribution in [3.63, 3.8) is 0 Å². The molecule has 1 fully saturated rings. The fourth-order valence-corrected chi connectivity index (χ4v) is 6.14. The lowest BCUT2D eigenvalue weighted by Crippen LogP contribution is -2.38. The second-order valence-corrected chi connectivity index (χ2v) is 13.4. The second-order valence-electron chi connectivity index (χ2n) is 10.3. The van der Waals surface area contributed by atoms with Crippen LogP contribution in [0.2, 0.25) is 0 Å². The number of thiazole rings is 1. The van der Waals surface area contributed by atoms with Crippen molar-refractivity contribution in [3.05, 3.63) is 29.4 Å². The number of aromatic nitrogens is 1. The van der Waals surface area contributed by atoms with E-state index in [2.05, 4.69) is 15.6 Å². The number of ether oxygens (including phenoxy) is 2. The van der Waals surface area contributed by atoms with Crippen molar-refractivity contribution in [2.24, 2.45) is 0 Å². The smallest absolute Gasteiger partial charge is 0.412 e. The molecule has 2 aromatic rings. The first-order chi connectivity index (χ1) is 16.7. The zero-order valence-corrected chi connectivity index (χ0v) is 23.2. The van der Waals surface area contributed by atoms with Gasteiger partial charge in [-0.15, -0.1) is 11.3 Å². The monoisotopic (exact) mass is 537 g/mol. The summed E-state index contributed by atoms with van der Waals surface area (Å²) in [5, 5.41) is 6.47. The van der Waals surface area contributed by atoms with E-state index in [-0.39, 0.29) is 29.1 Å². The maximum atomic E-state index is 12.6. The minimum Gasteiger partial charge on any atom is -0.447 e. The number of nitrogens with zero attached hydrogens (tertiary/aromatic N) is 1. The van der Waals surface area contributed by atoms with Gasteiger partial charge in [0.15, 0.2) is 9.84 Å². The highest BCUT2D eigenvalue weighted by atomic mass is 32.2. The van der Waals surface area contributed by atoms with Gasteiger partial charge in [0, 0.05) is 35.7 Å². The van der Waals surface area contributed by atoms with E-state index in [1.165, 1.54) is 17.4 Å². The van der Waals surface area contributed by atoms with E-state index in [1.807, 2.05) is 13.8 Å². The minimum atomic E-state index is -3.58. The molecule has 0 radical (unpaired) electrons. The Bertz CT molecular complexity index is 1190. The maximum Gasteiger partial charge on any atom is 0.412 e. The summed E-state index contributed by atoms with van der Waals surface area (Å²) < 4.78 is 35.6. The van der Waals surface area contributed by atoms with Gasteiger partial charge in [0.2, 0.25) is 0 Å². The van der Waals surface area contributed by atoms with Crippen molar-refractivity contribution in [3.8, 4) is 10.4 Å². The van der Waals surface area contributed by atoms with Crippen LogP contribution in [0.15, 0.2) is 29.3 Å². The zero-order chi connectivity index (χ0) is 26.7. The molecule has 1 aromatic carbocycles. The Hall–Kier alpha value is -2.66. The lowest BCUT2D eigenvalue weighted by molar-refractivity contribution is 0.0635. The van der Waals surface area contributed by atoms with Crippen LogP contribution in [0.25, 0.3) is 10.4 Å². The Morgan fingerprint density at radius 1 is 1.11 bits per heavy atom. The van der Waals surface area contributed by atoms with E-state index in [0.717, 1.165) is 41.8 Å². The summed E-state index contributed by atoms with van der Waals surface area (Å²) in [6.07, 6.45) is 5.04. The van der Waals surface area contributed by atoms with Gasteiger partial charge in [-0.25, -0.2) is 23.0 Å². The molecule has 198 valence electrons. The highest BCUT2D eigenvalue weighted by Crippen LogP contribution is 2.39. The van der Waals surface area contributed by atoms with Crippen molar-refractivity contribution < 1.29 is 27.5 Å². The van der Waals surface area contributed by atoms with Crippen molar-refractivity contribution in [1.29, 1.82) is 0 Å². The average molecular weight is 538 g/mol. The molecule has 9 nitrogen and oxygen atoms in total. The second kappa shape index (κ2) is 11.2. The largest absolute Gasteiger partial charge is 0.447 e. The van der Waals surface area contributed by atoms with Gasteiger partial charge < -0.3 is 14.8 Å². The molecule has 2 N–H and O–H groups in total. The van der Waals surface area contributed by atoms with Crippen LogP contribution in [-0.2, 0) is 19.3 Å². The molecule has 36 heavy (non-hydrogen) atoms. The third-order valence-electron chi connectivity index (χ3n) is 5.56. The molecule has 1 saturated carbocycles. The first-order valence-electron chi connectivity index (χ1n) is 12.0. The molecule has 2 amide bonds. The number of amides is 2. The molecular formula is C25H35N3O6S2. The summed E-state index contributed by atoms with van der Waals surface area (Å²) in [4.78, 5) is 29.5. The minimum absolute atomic E-state index is 0.0776. The van der Waals surface area contributed by atoms with Crippen molar-refractivity contribution in [1.82, 2.24) is 10.3 Å². The molecule has 0 spiro atoms. The molecule has 11 heteroatoms. The van der Waals surface area contributed by atoms with Gasteiger partial charge in [-0.2, -0.15) is 0 Å². The average Bonchev–Trinajstić information content (AvgIpc) is 3.21. The third-order valence-corrected chi connectivity index (χ3v) is 7.89. The number of alkyl carbamates (subject to hydrolysis) is 1. The fraction of sp³-hybridized carbons (Fsp3) is 0.560. The Balaban J connectivity index is 1.72. The Labute approximate surface area is 216 Å². The molecule has 0 aliphatic heterocycles. The number of anilines is 1. The number of hydrogen-bond acceptors (Lipinski definition) is 8. The van der Waals surface area contributed by atoms with Gasteiger partial charge in [0.05, 0.1) is 20.9 Å². The van der Waals surface area contributed by atoms with Gasteiger partial charge in [-0.1, -0.05) is 6.07 Å². The lowest BCUT2D eigenvalue weighted by Gasteiger charge is -2.28. The van der Waals surface area contributed by atoms with Crippen LogP contribution in [0.3, 0.4) is 0 Å². The third kappa shape index (κ3) is 7.92. The summed E-state index contributed by atoms with van der Waals surface area (Å²) in [5.74, 6) is 0.248. The van der Waals surface area contributed by atoms with Gasteiger partial charge in [0.25, 0.3) is 0 Å². The molecule has 0 saturated heterocycles. The molecular weight excluding hydrogens is 502 g/mol. The predicted octanol–water partition coefficient (Wildman–Crippen LogP) is 5.72. The van der Waals surface area contributed by atoms with E-state index >= 15 is 0 Å². The van der Waals surface area contributed by atoms with Crippen LogP contribution < -0.4 is 10.6 Å². The number of benzene rings is 1. The zero-order valence-electron chi connectivity index (χ0n) is 21.6. The lowest BCUT2D eigenvalue weighted by atomic mass is 9.86. The number of carbonyl (C=O) groups excluding carboxylic acids is 2. The van der Waals surface area contributed by atoms with E-state index in [1.54, 1.807) is 39.1 Å². The number of hydrogen-bond donors (Lipinski definition) is 2. The van der Waals surface area contributed by atoms with Crippen LogP contribution in [0.5, 0.6) is 0 Å². The topological polar surface area (TPSA) is 124 Å². The Morgan fingerprint density at radius 3 is 2.36 bits per heavy atom. The van der Waals surface area contributed by atoms with E-state index in [9.17, 15) is 18.0 Å². The van der Waals surface area contributed by atoms with Crippen molar-refractivity contribution in [2.75, 3.05) is 11.6 Å². The quantitative estimate of drug-likeness (QED) is 0.483. The summed E-state index contributed by atoms with van der Waals surface area (Å²) in [7, 11) is -3.58. The predicted molar refractivity (Wildman–Crippen MR) is 140 cm³/mol. The molecule has 0 atom stereocenters. The molecule has 1 heterocycles. The van der Waals surface area contributed by atoms with Crippen molar-refractivity contribution >= 4 is 39.0 Å². The number of sulfone groups is 1. The number of carbonyl (C=O) groups is 2. The SMILES string of the molecule is CC(C)OC(=O)N[C@H]1CC[C@H](c2ncc(-c3ccc(NC(=O)OC(C)(C)C)cc3S(C)(=O)=O)s2)CC1. The molecule has 0 bridgehead atoms. The summed E-state index contributed by atoms with van der Waals surface area (Å²) in [6, 6.07) is 4.86. The van der Waals surface area contributed by atoms with Gasteiger partial charge in [0.1, 0.15) is 5.60 Å². The molecule has 1 aliphatic rings. The maximum absolute atomic E-state index is 12.6. The highest BCUT2D eigenvalue weighted by Gasteiger charge is 2.27. The van der Waals surface area contributed by atoms with E-state index < -0.39 is 21.5 Å². The first kappa shape index (κ1) is 27.9. The van der Waals surface area contributed by atoms with Crippen LogP contribution in [0.4, 0.5) is 15.3 Å². The molecule has 0 unspecified atom stereocenters. The van der Waals surface area contributed by atoms with Crippen LogP contribution in [0, 0.1) is 0 Å². The summed E-state index contributed by atoms with van der Waals surface area (Å²) in [5.41, 5.74) is 0.206. The van der Waals surface area contributed by atoms with E-state index in [0.29, 0.717) is 11.3 Å². The number of rotatable bonds is 6. The molecule has 1 aliphatic carbocycles. The normalized spacial score (nSPS) is 18.5. The van der Waals surface area contributed by atoms with Gasteiger partial charge in [-0.3, -0.25) is 5.32 Å². The Morgan fingerprint density at radius 2 is 1.78 bits per heavy atom. The number of nitrogens with one attached hydrogen (secondary N) is 2. The van der Waals surface area contributed by atoms with Crippen LogP contribution >= 0.6 is 11.3 Å². The van der Waals surface area contributed by atoms with E-state index in [4.69, 9.17) is 9.47 Å². The highest BCUT2D eigenvalue weighted by molar-refractivity contribution is 7.90. The standard InChI is InChI=1S/C25H35N3O6S2/c1-15(2)33-23(29)27-17-9-7-16(8-10-17)22-26-14-20(35-22)19-12-11-18(13-21(19)36(6,31)32)28-24(30)34-25(3,4)5/h11-17H,7-10H2,1-6H3,(H,27,29)(H,28,30)/t16-,17-. The van der Waals surface area contributed by atoms with Crippen LogP contribution in [-0.4, -0.2) is 49.6 Å². The first-order valence-corrected chi connectivity index (χ1v) is 14.7. The fourth-order valence-electron chi connectivity index (χ4n) is 4.03. The van der Waals surface area contributed by atoms with Gasteiger partial charge in [-0.05, 0) is 72.4 Å². The molecule has 1 aromatic heterocycles. The van der Waals surface area contributed by atoms with Crippen LogP contribution in [0.1, 0.15) is 71.2 Å². The molecule has 3 rings (SSSR count). The summed E-state index contributed by atoms with van der Waals surface area (Å²) in [6.45, 7) is 8.89. The van der Waals surface area contributed by atoms with Crippen molar-refractivity contribution in [2.45, 2.75) is 88.9 Å². The Kier molecular flexibility index (Phi) is 8.66.